The largest absolute Gasteiger partial charge is 0.335 e. The van der Waals surface area contributed by atoms with E-state index in [1.165, 1.54) is 24.0 Å². The molecule has 156 valence electrons. The van der Waals surface area contributed by atoms with Crippen LogP contribution in [0, 0.1) is 11.8 Å². The highest BCUT2D eigenvalue weighted by Gasteiger charge is 2.44. The second kappa shape index (κ2) is 7.93. The van der Waals surface area contributed by atoms with Gasteiger partial charge in [0.1, 0.15) is 6.04 Å². The van der Waals surface area contributed by atoms with E-state index in [1.54, 1.807) is 6.21 Å². The molecule has 0 spiro atoms. The van der Waals surface area contributed by atoms with Gasteiger partial charge in [-0.05, 0) is 66.6 Å². The van der Waals surface area contributed by atoms with Crippen LogP contribution in [0.5, 0.6) is 0 Å². The fraction of sp³-hybridized carbons (Fsp3) is 0.520. The molecule has 0 N–H and O–H groups in total. The summed E-state index contributed by atoms with van der Waals surface area (Å²) >= 11 is 0. The second-order valence-corrected chi connectivity index (χ2v) is 9.40. The Balaban J connectivity index is 1.25. The fourth-order valence-electron chi connectivity index (χ4n) is 5.63. The van der Waals surface area contributed by atoms with Crippen molar-refractivity contribution in [3.05, 3.63) is 47.5 Å². The standard InChI is InChI=1S/C25H30N4O/c1-16(2)20-8-5-6-9-21(20)17-12-18-14-29(15-19(18)13-17)25(30)24-27-22-10-4-3-7-11-26-23(22)28-24/h3,5-9,11,16-19,22H,4,10,12-15H2,1-2H3/b7-3-,26-11?/t17?,18-,19+,22-/m0/s1. The quantitative estimate of drug-likeness (QED) is 0.741. The van der Waals surface area contributed by atoms with Crippen molar-refractivity contribution in [2.24, 2.45) is 26.8 Å². The summed E-state index contributed by atoms with van der Waals surface area (Å²) in [4.78, 5) is 28.6. The van der Waals surface area contributed by atoms with Gasteiger partial charge in [-0.25, -0.2) is 9.98 Å². The minimum Gasteiger partial charge on any atom is -0.335 e. The molecular formula is C25H30N4O. The minimum absolute atomic E-state index is 0.00839. The average molecular weight is 403 g/mol. The van der Waals surface area contributed by atoms with Crippen molar-refractivity contribution in [3.8, 4) is 0 Å². The maximum absolute atomic E-state index is 13.1. The van der Waals surface area contributed by atoms with Crippen LogP contribution in [0.3, 0.4) is 0 Å². The van der Waals surface area contributed by atoms with Crippen molar-refractivity contribution in [1.82, 2.24) is 4.90 Å². The van der Waals surface area contributed by atoms with Gasteiger partial charge in [0, 0.05) is 19.3 Å². The van der Waals surface area contributed by atoms with Crippen LogP contribution in [-0.4, -0.2) is 47.8 Å². The van der Waals surface area contributed by atoms with Crippen LogP contribution >= 0.6 is 0 Å². The number of likely N-dealkylation sites (tertiary alicyclic amines) is 1. The smallest absolute Gasteiger partial charge is 0.291 e. The van der Waals surface area contributed by atoms with Gasteiger partial charge in [-0.2, -0.15) is 0 Å². The zero-order valence-electron chi connectivity index (χ0n) is 17.9. The lowest BCUT2D eigenvalue weighted by atomic mass is 9.87. The molecule has 1 saturated heterocycles. The van der Waals surface area contributed by atoms with Crippen LogP contribution in [0.15, 0.2) is 51.4 Å². The lowest BCUT2D eigenvalue weighted by Gasteiger charge is -2.21. The van der Waals surface area contributed by atoms with Crippen molar-refractivity contribution in [2.45, 2.75) is 57.4 Å². The Morgan fingerprint density at radius 1 is 1.13 bits per heavy atom. The summed E-state index contributed by atoms with van der Waals surface area (Å²) in [6, 6.07) is 8.85. The summed E-state index contributed by atoms with van der Waals surface area (Å²) in [6.07, 6.45) is 9.94. The normalized spacial score (nSPS) is 31.1. The fourth-order valence-corrected chi connectivity index (χ4v) is 5.63. The number of rotatable bonds is 3. The van der Waals surface area contributed by atoms with Gasteiger partial charge in [-0.1, -0.05) is 44.2 Å². The maximum Gasteiger partial charge on any atom is 0.291 e. The van der Waals surface area contributed by atoms with E-state index in [4.69, 9.17) is 0 Å². The number of fused-ring (bicyclic) bond motifs is 2. The molecule has 0 bridgehead atoms. The third kappa shape index (κ3) is 3.55. The van der Waals surface area contributed by atoms with Gasteiger partial charge in [0.15, 0.2) is 5.84 Å². The van der Waals surface area contributed by atoms with E-state index in [0.29, 0.717) is 35.3 Å². The van der Waals surface area contributed by atoms with Crippen LogP contribution in [-0.2, 0) is 4.79 Å². The summed E-state index contributed by atoms with van der Waals surface area (Å²) in [6.45, 7) is 6.23. The molecule has 1 aliphatic carbocycles. The first kappa shape index (κ1) is 19.4. The Kier molecular flexibility index (Phi) is 5.13. The van der Waals surface area contributed by atoms with Crippen molar-refractivity contribution in [1.29, 1.82) is 0 Å². The van der Waals surface area contributed by atoms with E-state index < -0.39 is 0 Å². The molecule has 1 amide bonds. The molecule has 0 aromatic heterocycles. The predicted molar refractivity (Wildman–Crippen MR) is 122 cm³/mol. The minimum atomic E-state index is -0.0656. The van der Waals surface area contributed by atoms with E-state index in [0.717, 1.165) is 25.9 Å². The number of benzene rings is 1. The van der Waals surface area contributed by atoms with Gasteiger partial charge >= 0.3 is 0 Å². The topological polar surface area (TPSA) is 57.4 Å². The maximum atomic E-state index is 13.1. The van der Waals surface area contributed by atoms with E-state index in [9.17, 15) is 4.79 Å². The predicted octanol–water partition coefficient (Wildman–Crippen LogP) is 4.36. The molecule has 3 heterocycles. The molecule has 2 fully saturated rings. The average Bonchev–Trinajstić information content (AvgIpc) is 3.40. The summed E-state index contributed by atoms with van der Waals surface area (Å²) in [5.41, 5.74) is 3.00. The summed E-state index contributed by atoms with van der Waals surface area (Å²) < 4.78 is 0. The number of amidine groups is 2. The van der Waals surface area contributed by atoms with Crippen molar-refractivity contribution < 1.29 is 4.79 Å². The number of allylic oxidation sites excluding steroid dienone is 2. The highest BCUT2D eigenvalue weighted by atomic mass is 16.2. The third-order valence-corrected chi connectivity index (χ3v) is 7.12. The highest BCUT2D eigenvalue weighted by Crippen LogP contribution is 2.47. The zero-order chi connectivity index (χ0) is 20.7. The third-order valence-electron chi connectivity index (χ3n) is 7.12. The monoisotopic (exact) mass is 402 g/mol. The van der Waals surface area contributed by atoms with Gasteiger partial charge < -0.3 is 4.90 Å². The highest BCUT2D eigenvalue weighted by molar-refractivity contribution is 6.41. The summed E-state index contributed by atoms with van der Waals surface area (Å²) in [7, 11) is 0. The Morgan fingerprint density at radius 2 is 1.90 bits per heavy atom. The molecule has 4 atom stereocenters. The van der Waals surface area contributed by atoms with Crippen molar-refractivity contribution >= 4 is 23.8 Å². The molecular weight excluding hydrogens is 372 g/mol. The summed E-state index contributed by atoms with van der Waals surface area (Å²) in [5.74, 6) is 3.38. The number of nitrogens with zero attached hydrogens (tertiary/aromatic N) is 4. The van der Waals surface area contributed by atoms with E-state index >= 15 is 0 Å². The Hall–Kier alpha value is -2.56. The number of carbonyl (C=O) groups excluding carboxylic acids is 1. The van der Waals surface area contributed by atoms with Gasteiger partial charge in [0.25, 0.3) is 5.91 Å². The SMILES string of the molecule is CC(C)c1ccccc1C1C[C@@H]2CN(C(=O)C3=N[C@H]4CC/C=C\C=NC4=N3)C[C@@H]2C1. The van der Waals surface area contributed by atoms with Crippen LogP contribution < -0.4 is 0 Å². The molecule has 4 aliphatic rings. The van der Waals surface area contributed by atoms with Crippen LogP contribution in [0.4, 0.5) is 0 Å². The summed E-state index contributed by atoms with van der Waals surface area (Å²) in [5, 5.41) is 0. The van der Waals surface area contributed by atoms with Gasteiger partial charge in [-0.15, -0.1) is 0 Å². The Morgan fingerprint density at radius 3 is 2.67 bits per heavy atom. The molecule has 0 radical (unpaired) electrons. The number of aliphatic imine (C=N–C) groups is 3. The van der Waals surface area contributed by atoms with Gasteiger partial charge in [0.2, 0.25) is 5.84 Å². The number of hydrogen-bond acceptors (Lipinski definition) is 4. The first-order chi connectivity index (χ1) is 14.6. The molecule has 5 heteroatoms. The van der Waals surface area contributed by atoms with Crippen molar-refractivity contribution in [2.75, 3.05) is 13.1 Å². The number of amides is 1. The zero-order valence-corrected chi connectivity index (χ0v) is 17.9. The molecule has 1 unspecified atom stereocenters. The van der Waals surface area contributed by atoms with Crippen LogP contribution in [0.1, 0.15) is 62.5 Å². The molecule has 30 heavy (non-hydrogen) atoms. The van der Waals surface area contributed by atoms with E-state index in [-0.39, 0.29) is 11.9 Å². The van der Waals surface area contributed by atoms with Gasteiger partial charge in [0.05, 0.1) is 0 Å². The molecule has 3 aliphatic heterocycles. The van der Waals surface area contributed by atoms with Gasteiger partial charge in [-0.3, -0.25) is 9.79 Å². The number of carbonyl (C=O) groups is 1. The molecule has 5 nitrogen and oxygen atoms in total. The molecule has 1 saturated carbocycles. The Labute approximate surface area is 178 Å². The van der Waals surface area contributed by atoms with Crippen LogP contribution in [0.25, 0.3) is 0 Å². The molecule has 5 rings (SSSR count). The van der Waals surface area contributed by atoms with Crippen LogP contribution in [0.2, 0.25) is 0 Å². The second-order valence-electron chi connectivity index (χ2n) is 9.40. The number of hydrogen-bond donors (Lipinski definition) is 0. The Bertz CT molecular complexity index is 944. The lowest BCUT2D eigenvalue weighted by molar-refractivity contribution is -0.123. The van der Waals surface area contributed by atoms with E-state index in [1.807, 2.05) is 11.0 Å². The first-order valence-electron chi connectivity index (χ1n) is 11.3. The lowest BCUT2D eigenvalue weighted by Crippen LogP contribution is -2.34. The van der Waals surface area contributed by atoms with E-state index in [2.05, 4.69) is 59.2 Å². The molecule has 1 aromatic rings. The van der Waals surface area contributed by atoms with Crippen molar-refractivity contribution in [3.63, 3.8) is 0 Å². The molecule has 1 aromatic carbocycles. The first-order valence-corrected chi connectivity index (χ1v) is 11.3.